The zero-order valence-corrected chi connectivity index (χ0v) is 17.2. The predicted octanol–water partition coefficient (Wildman–Crippen LogP) is 4.33. The molecule has 136 valence electrons. The van der Waals surface area contributed by atoms with Gasteiger partial charge in [0.25, 0.3) is 5.24 Å². The number of likely N-dealkylation sites (N-methyl/N-ethyl adjacent to an activating group) is 1. The third kappa shape index (κ3) is 4.53. The predicted molar refractivity (Wildman–Crippen MR) is 109 cm³/mol. The lowest BCUT2D eigenvalue weighted by atomic mass is 9.98. The van der Waals surface area contributed by atoms with E-state index in [0.717, 1.165) is 52.7 Å². The number of benzene rings is 1. The van der Waals surface area contributed by atoms with Crippen molar-refractivity contribution in [3.63, 3.8) is 0 Å². The second-order valence-electron chi connectivity index (χ2n) is 7.64. The van der Waals surface area contributed by atoms with Gasteiger partial charge in [-0.1, -0.05) is 20.8 Å². The number of nitrogens with zero attached hydrogens (tertiary/aromatic N) is 3. The minimum absolute atomic E-state index is 0.0208. The number of carbonyl (C=O) groups excluding carboxylic acids is 1. The molecule has 0 spiro atoms. The number of rotatable bonds is 2. The lowest BCUT2D eigenvalue weighted by Gasteiger charge is -2.30. The zero-order chi connectivity index (χ0) is 18.2. The summed E-state index contributed by atoms with van der Waals surface area (Å²) in [7, 11) is 2.11. The van der Waals surface area contributed by atoms with E-state index in [2.05, 4.69) is 54.5 Å². The second-order valence-corrected chi connectivity index (χ2v) is 9.74. The first kappa shape index (κ1) is 18.6. The number of hydrogen-bond donors (Lipinski definition) is 1. The third-order valence-electron chi connectivity index (χ3n) is 4.29. The molecule has 0 radical (unpaired) electrons. The van der Waals surface area contributed by atoms with E-state index in [9.17, 15) is 4.79 Å². The molecular weight excluding hydrogens is 352 g/mol. The molecule has 0 atom stereocenters. The molecule has 2 aromatic rings. The number of amides is 1. The van der Waals surface area contributed by atoms with Gasteiger partial charge in [0, 0.05) is 49.2 Å². The van der Waals surface area contributed by atoms with Crippen LogP contribution in [0.1, 0.15) is 31.3 Å². The van der Waals surface area contributed by atoms with Gasteiger partial charge < -0.3 is 10.2 Å². The van der Waals surface area contributed by atoms with Crippen molar-refractivity contribution in [3.05, 3.63) is 22.7 Å². The molecule has 5 nitrogen and oxygen atoms in total. The highest BCUT2D eigenvalue weighted by Crippen LogP contribution is 2.34. The SMILES string of the molecule is Cc1cc2nc(C(C)(C)C)sc2cc1NC(=O)SN1CCN(C)CC1. The Kier molecular flexibility index (Phi) is 5.39. The Morgan fingerprint density at radius 3 is 2.56 bits per heavy atom. The molecule has 1 N–H and O–H groups in total. The average Bonchev–Trinajstić information content (AvgIpc) is 2.93. The average molecular weight is 379 g/mol. The van der Waals surface area contributed by atoms with E-state index >= 15 is 0 Å². The van der Waals surface area contributed by atoms with Gasteiger partial charge in [0.1, 0.15) is 0 Å². The molecule has 2 heterocycles. The maximum absolute atomic E-state index is 12.4. The molecular formula is C18H26N4OS2. The summed E-state index contributed by atoms with van der Waals surface area (Å²) >= 11 is 2.99. The molecule has 0 bridgehead atoms. The van der Waals surface area contributed by atoms with Crippen LogP contribution in [0.5, 0.6) is 0 Å². The standard InChI is InChI=1S/C18H26N4OS2/c1-12-10-14-15(24-16(19-14)18(2,3)4)11-13(12)20-17(23)25-22-8-6-21(5)7-9-22/h10-11H,6-9H2,1-5H3,(H,20,23). The van der Waals surface area contributed by atoms with Crippen LogP contribution in [-0.2, 0) is 5.41 Å². The summed E-state index contributed by atoms with van der Waals surface area (Å²) in [5.41, 5.74) is 2.98. The Morgan fingerprint density at radius 1 is 1.24 bits per heavy atom. The Labute approximate surface area is 157 Å². The van der Waals surface area contributed by atoms with Crippen LogP contribution < -0.4 is 5.32 Å². The maximum atomic E-state index is 12.4. The van der Waals surface area contributed by atoms with E-state index in [1.807, 2.05) is 6.92 Å². The number of aryl methyl sites for hydroxylation is 1. The third-order valence-corrected chi connectivity index (χ3v) is 6.62. The highest BCUT2D eigenvalue weighted by molar-refractivity contribution is 8.11. The largest absolute Gasteiger partial charge is 0.316 e. The summed E-state index contributed by atoms with van der Waals surface area (Å²) < 4.78 is 3.25. The van der Waals surface area contributed by atoms with Gasteiger partial charge in [0.05, 0.1) is 15.2 Å². The molecule has 0 aliphatic carbocycles. The van der Waals surface area contributed by atoms with Crippen LogP contribution in [0.3, 0.4) is 0 Å². The molecule has 1 amide bonds. The van der Waals surface area contributed by atoms with Gasteiger partial charge in [-0.2, -0.15) is 0 Å². The van der Waals surface area contributed by atoms with Crippen molar-refractivity contribution < 1.29 is 4.79 Å². The molecule has 1 aliphatic rings. The van der Waals surface area contributed by atoms with E-state index in [-0.39, 0.29) is 10.7 Å². The summed E-state index contributed by atoms with van der Waals surface area (Å²) in [6, 6.07) is 4.12. The number of aromatic nitrogens is 1. The van der Waals surface area contributed by atoms with Crippen molar-refractivity contribution in [1.82, 2.24) is 14.2 Å². The quantitative estimate of drug-likeness (QED) is 0.788. The first-order valence-electron chi connectivity index (χ1n) is 8.56. The molecule has 0 saturated carbocycles. The number of hydrogen-bond acceptors (Lipinski definition) is 6. The summed E-state index contributed by atoms with van der Waals surface area (Å²) in [5, 5.41) is 4.16. The first-order chi connectivity index (χ1) is 11.7. The monoisotopic (exact) mass is 378 g/mol. The highest BCUT2D eigenvalue weighted by atomic mass is 32.2. The van der Waals surface area contributed by atoms with Crippen LogP contribution in [0, 0.1) is 6.92 Å². The first-order valence-corrected chi connectivity index (χ1v) is 10.2. The second kappa shape index (κ2) is 7.23. The highest BCUT2D eigenvalue weighted by Gasteiger charge is 2.21. The normalized spacial score (nSPS) is 17.2. The van der Waals surface area contributed by atoms with Gasteiger partial charge in [0.15, 0.2) is 0 Å². The fourth-order valence-electron chi connectivity index (χ4n) is 2.66. The smallest absolute Gasteiger partial charge is 0.298 e. The number of nitrogens with one attached hydrogen (secondary N) is 1. The molecule has 1 fully saturated rings. The molecule has 1 aromatic heterocycles. The number of piperazine rings is 1. The van der Waals surface area contributed by atoms with Gasteiger partial charge in [-0.25, -0.2) is 9.29 Å². The summed E-state index contributed by atoms with van der Waals surface area (Å²) in [4.78, 5) is 19.4. The summed E-state index contributed by atoms with van der Waals surface area (Å²) in [6.45, 7) is 12.4. The Morgan fingerprint density at radius 2 is 1.92 bits per heavy atom. The fourth-order valence-corrected chi connectivity index (χ4v) is 4.44. The molecule has 3 rings (SSSR count). The van der Waals surface area contributed by atoms with Crippen LogP contribution in [0.15, 0.2) is 12.1 Å². The molecule has 1 aromatic carbocycles. The van der Waals surface area contributed by atoms with Gasteiger partial charge in [-0.15, -0.1) is 11.3 Å². The van der Waals surface area contributed by atoms with Crippen molar-refractivity contribution in [1.29, 1.82) is 0 Å². The zero-order valence-electron chi connectivity index (χ0n) is 15.5. The number of fused-ring (bicyclic) bond motifs is 1. The van der Waals surface area contributed by atoms with E-state index in [0.29, 0.717) is 0 Å². The summed E-state index contributed by atoms with van der Waals surface area (Å²) in [5.74, 6) is 0. The number of thiazole rings is 1. The van der Waals surface area contributed by atoms with Crippen molar-refractivity contribution in [2.75, 3.05) is 38.5 Å². The van der Waals surface area contributed by atoms with Crippen LogP contribution in [0.4, 0.5) is 10.5 Å². The molecule has 7 heteroatoms. The maximum Gasteiger partial charge on any atom is 0.298 e. The summed E-state index contributed by atoms with van der Waals surface area (Å²) in [6.07, 6.45) is 0. The van der Waals surface area contributed by atoms with Crippen molar-refractivity contribution in [3.8, 4) is 0 Å². The van der Waals surface area contributed by atoms with Crippen molar-refractivity contribution >= 4 is 44.4 Å². The van der Waals surface area contributed by atoms with E-state index in [1.54, 1.807) is 11.3 Å². The Hall–Kier alpha value is -1.15. The number of anilines is 1. The van der Waals surface area contributed by atoms with E-state index in [4.69, 9.17) is 4.98 Å². The molecule has 0 unspecified atom stereocenters. The minimum Gasteiger partial charge on any atom is -0.316 e. The Balaban J connectivity index is 1.72. The fraction of sp³-hybridized carbons (Fsp3) is 0.556. The lowest BCUT2D eigenvalue weighted by molar-refractivity contribution is 0.232. The van der Waals surface area contributed by atoms with E-state index in [1.165, 1.54) is 11.9 Å². The van der Waals surface area contributed by atoms with Gasteiger partial charge in [-0.05, 0) is 31.7 Å². The van der Waals surface area contributed by atoms with Gasteiger partial charge in [0.2, 0.25) is 0 Å². The topological polar surface area (TPSA) is 48.5 Å². The lowest BCUT2D eigenvalue weighted by Crippen LogP contribution is -2.41. The van der Waals surface area contributed by atoms with Crippen LogP contribution in [0.2, 0.25) is 0 Å². The van der Waals surface area contributed by atoms with E-state index < -0.39 is 0 Å². The van der Waals surface area contributed by atoms with Crippen LogP contribution in [-0.4, -0.2) is 52.7 Å². The van der Waals surface area contributed by atoms with Crippen LogP contribution in [0.25, 0.3) is 10.2 Å². The number of carbonyl (C=O) groups is 1. The molecule has 25 heavy (non-hydrogen) atoms. The Bertz CT molecular complexity index is 773. The van der Waals surface area contributed by atoms with Gasteiger partial charge in [-0.3, -0.25) is 4.79 Å². The van der Waals surface area contributed by atoms with Gasteiger partial charge >= 0.3 is 0 Å². The van der Waals surface area contributed by atoms with Crippen LogP contribution >= 0.6 is 23.3 Å². The van der Waals surface area contributed by atoms with Crippen molar-refractivity contribution in [2.45, 2.75) is 33.1 Å². The molecule has 1 aliphatic heterocycles. The van der Waals surface area contributed by atoms with Crippen molar-refractivity contribution in [2.24, 2.45) is 0 Å². The molecule has 1 saturated heterocycles. The minimum atomic E-state index is -0.0208.